The molecule has 0 rings (SSSR count). The predicted octanol–water partition coefficient (Wildman–Crippen LogP) is 2.46. The molecule has 0 aliphatic heterocycles. The Hall–Kier alpha value is -1.26. The molecule has 0 fully saturated rings. The Labute approximate surface area is 110 Å². The molecule has 0 saturated carbocycles. The van der Waals surface area contributed by atoms with Crippen LogP contribution in [0, 0.1) is 0 Å². The average Bonchev–Trinajstić information content (AvgIpc) is 2.31. The quantitative estimate of drug-likeness (QED) is 0.624. The van der Waals surface area contributed by atoms with Crippen LogP contribution in [-0.2, 0) is 4.79 Å². The standard InChI is InChI=1S/C13H26N2O3/c1-4-5-6-7-8-11(2)14-13(18)15(3)10-9-12(16)17/h11H,4-10H2,1-3H3,(H,14,18)(H,16,17). The first-order chi connectivity index (χ1) is 8.47. The van der Waals surface area contributed by atoms with E-state index in [1.54, 1.807) is 7.05 Å². The number of unbranched alkanes of at least 4 members (excludes halogenated alkanes) is 3. The summed E-state index contributed by atoms with van der Waals surface area (Å²) in [7, 11) is 1.61. The lowest BCUT2D eigenvalue weighted by atomic mass is 10.1. The Kier molecular flexibility index (Phi) is 9.06. The monoisotopic (exact) mass is 258 g/mol. The lowest BCUT2D eigenvalue weighted by Gasteiger charge is -2.20. The largest absolute Gasteiger partial charge is 0.481 e. The molecule has 0 aromatic carbocycles. The zero-order valence-corrected chi connectivity index (χ0v) is 11.7. The summed E-state index contributed by atoms with van der Waals surface area (Å²) in [6.07, 6.45) is 5.71. The maximum absolute atomic E-state index is 11.7. The predicted molar refractivity (Wildman–Crippen MR) is 71.6 cm³/mol. The van der Waals surface area contributed by atoms with E-state index in [-0.39, 0.29) is 25.0 Å². The molecule has 0 aromatic rings. The van der Waals surface area contributed by atoms with E-state index < -0.39 is 5.97 Å². The number of amides is 2. The second-order valence-corrected chi connectivity index (χ2v) is 4.77. The van der Waals surface area contributed by atoms with Gasteiger partial charge in [0.05, 0.1) is 6.42 Å². The number of urea groups is 1. The molecule has 0 radical (unpaired) electrons. The highest BCUT2D eigenvalue weighted by Gasteiger charge is 2.12. The Balaban J connectivity index is 3.74. The number of carboxylic acid groups (broad SMARTS) is 1. The number of carbonyl (C=O) groups is 2. The molecule has 0 aliphatic rings. The minimum absolute atomic E-state index is 0.0190. The minimum atomic E-state index is -0.887. The van der Waals surface area contributed by atoms with E-state index in [4.69, 9.17) is 5.11 Å². The molecule has 0 spiro atoms. The summed E-state index contributed by atoms with van der Waals surface area (Å²) in [4.78, 5) is 23.5. The highest BCUT2D eigenvalue weighted by molar-refractivity contribution is 5.75. The molecule has 5 nitrogen and oxygen atoms in total. The lowest BCUT2D eigenvalue weighted by molar-refractivity contribution is -0.137. The molecule has 1 unspecified atom stereocenters. The molecule has 2 N–H and O–H groups in total. The van der Waals surface area contributed by atoms with Gasteiger partial charge in [0, 0.05) is 19.6 Å². The van der Waals surface area contributed by atoms with Gasteiger partial charge in [0.1, 0.15) is 0 Å². The second-order valence-electron chi connectivity index (χ2n) is 4.77. The molecular weight excluding hydrogens is 232 g/mol. The van der Waals surface area contributed by atoms with Crippen LogP contribution < -0.4 is 5.32 Å². The topological polar surface area (TPSA) is 69.6 Å². The maximum Gasteiger partial charge on any atom is 0.317 e. The molecule has 0 aromatic heterocycles. The number of nitrogens with zero attached hydrogens (tertiary/aromatic N) is 1. The van der Waals surface area contributed by atoms with Gasteiger partial charge in [-0.25, -0.2) is 4.79 Å². The Morgan fingerprint density at radius 2 is 1.94 bits per heavy atom. The van der Waals surface area contributed by atoms with Crippen molar-refractivity contribution >= 4 is 12.0 Å². The van der Waals surface area contributed by atoms with Crippen LogP contribution in [0.2, 0.25) is 0 Å². The van der Waals surface area contributed by atoms with Crippen LogP contribution in [0.1, 0.15) is 52.4 Å². The molecule has 1 atom stereocenters. The molecular formula is C13H26N2O3. The molecule has 106 valence electrons. The van der Waals surface area contributed by atoms with Crippen LogP contribution in [-0.4, -0.2) is 41.6 Å². The third-order valence-electron chi connectivity index (χ3n) is 2.87. The number of carboxylic acids is 1. The van der Waals surface area contributed by atoms with Crippen molar-refractivity contribution < 1.29 is 14.7 Å². The summed E-state index contributed by atoms with van der Waals surface area (Å²) < 4.78 is 0. The normalized spacial score (nSPS) is 11.9. The van der Waals surface area contributed by atoms with Crippen LogP contribution in [0.25, 0.3) is 0 Å². The fourth-order valence-electron chi connectivity index (χ4n) is 1.64. The Morgan fingerprint density at radius 1 is 1.28 bits per heavy atom. The zero-order chi connectivity index (χ0) is 14.0. The van der Waals surface area contributed by atoms with Crippen molar-refractivity contribution in [2.45, 2.75) is 58.4 Å². The molecule has 0 aliphatic carbocycles. The van der Waals surface area contributed by atoms with Crippen molar-refractivity contribution in [1.82, 2.24) is 10.2 Å². The first kappa shape index (κ1) is 16.7. The summed E-state index contributed by atoms with van der Waals surface area (Å²) in [5.41, 5.74) is 0. The highest BCUT2D eigenvalue weighted by Crippen LogP contribution is 2.05. The molecule has 0 saturated heterocycles. The van der Waals surface area contributed by atoms with Crippen LogP contribution in [0.3, 0.4) is 0 Å². The van der Waals surface area contributed by atoms with Gasteiger partial charge in [-0.05, 0) is 13.3 Å². The lowest BCUT2D eigenvalue weighted by Crippen LogP contribution is -2.42. The van der Waals surface area contributed by atoms with Crippen LogP contribution in [0.5, 0.6) is 0 Å². The first-order valence-electron chi connectivity index (χ1n) is 6.70. The van der Waals surface area contributed by atoms with Crippen molar-refractivity contribution in [3.63, 3.8) is 0 Å². The summed E-state index contributed by atoms with van der Waals surface area (Å²) in [5, 5.41) is 11.4. The van der Waals surface area contributed by atoms with E-state index >= 15 is 0 Å². The van der Waals surface area contributed by atoms with Gasteiger partial charge in [0.25, 0.3) is 0 Å². The number of nitrogens with one attached hydrogen (secondary N) is 1. The second kappa shape index (κ2) is 9.74. The average molecular weight is 258 g/mol. The molecule has 2 amide bonds. The van der Waals surface area contributed by atoms with Crippen LogP contribution in [0.15, 0.2) is 0 Å². The van der Waals surface area contributed by atoms with Crippen molar-refractivity contribution in [2.75, 3.05) is 13.6 Å². The third kappa shape index (κ3) is 8.84. The fourth-order valence-corrected chi connectivity index (χ4v) is 1.64. The summed E-state index contributed by atoms with van der Waals surface area (Å²) >= 11 is 0. The number of hydrogen-bond donors (Lipinski definition) is 2. The van der Waals surface area contributed by atoms with Gasteiger partial charge in [-0.15, -0.1) is 0 Å². The van der Waals surface area contributed by atoms with E-state index in [9.17, 15) is 9.59 Å². The van der Waals surface area contributed by atoms with E-state index in [1.807, 2.05) is 6.92 Å². The van der Waals surface area contributed by atoms with E-state index in [0.29, 0.717) is 0 Å². The maximum atomic E-state index is 11.7. The minimum Gasteiger partial charge on any atom is -0.481 e. The summed E-state index contributed by atoms with van der Waals surface area (Å²) in [6.45, 7) is 4.39. The Bertz CT molecular complexity index is 257. The van der Waals surface area contributed by atoms with Gasteiger partial charge in [0.15, 0.2) is 0 Å². The molecule has 0 heterocycles. The fraction of sp³-hybridized carbons (Fsp3) is 0.846. The van der Waals surface area contributed by atoms with Crippen molar-refractivity contribution in [3.8, 4) is 0 Å². The molecule has 0 bridgehead atoms. The van der Waals surface area contributed by atoms with Gasteiger partial charge in [-0.2, -0.15) is 0 Å². The van der Waals surface area contributed by atoms with E-state index in [2.05, 4.69) is 12.2 Å². The Morgan fingerprint density at radius 3 is 2.50 bits per heavy atom. The highest BCUT2D eigenvalue weighted by atomic mass is 16.4. The number of hydrogen-bond acceptors (Lipinski definition) is 2. The van der Waals surface area contributed by atoms with E-state index in [1.165, 1.54) is 24.2 Å². The van der Waals surface area contributed by atoms with Gasteiger partial charge < -0.3 is 15.3 Å². The van der Waals surface area contributed by atoms with Crippen molar-refractivity contribution in [3.05, 3.63) is 0 Å². The molecule has 5 heteroatoms. The number of aliphatic carboxylic acids is 1. The van der Waals surface area contributed by atoms with Gasteiger partial charge in [-0.3, -0.25) is 4.79 Å². The van der Waals surface area contributed by atoms with Crippen LogP contribution in [0.4, 0.5) is 4.79 Å². The smallest absolute Gasteiger partial charge is 0.317 e. The number of carbonyl (C=O) groups excluding carboxylic acids is 1. The van der Waals surface area contributed by atoms with Gasteiger partial charge in [0.2, 0.25) is 0 Å². The zero-order valence-electron chi connectivity index (χ0n) is 11.7. The summed E-state index contributed by atoms with van der Waals surface area (Å²) in [5.74, 6) is -0.887. The van der Waals surface area contributed by atoms with Crippen molar-refractivity contribution in [2.24, 2.45) is 0 Å². The summed E-state index contributed by atoms with van der Waals surface area (Å²) in [6, 6.07) is -0.0547. The third-order valence-corrected chi connectivity index (χ3v) is 2.87. The SMILES string of the molecule is CCCCCCC(C)NC(=O)N(C)CCC(=O)O. The first-order valence-corrected chi connectivity index (χ1v) is 6.70. The van der Waals surface area contributed by atoms with Crippen molar-refractivity contribution in [1.29, 1.82) is 0 Å². The molecule has 18 heavy (non-hydrogen) atoms. The van der Waals surface area contributed by atoms with E-state index in [0.717, 1.165) is 12.8 Å². The van der Waals surface area contributed by atoms with Crippen LogP contribution >= 0.6 is 0 Å². The van der Waals surface area contributed by atoms with Gasteiger partial charge >= 0.3 is 12.0 Å². The van der Waals surface area contributed by atoms with Gasteiger partial charge in [-0.1, -0.05) is 32.6 Å². The number of rotatable bonds is 9.